The second-order valence-electron chi connectivity index (χ2n) is 2.03. The van der Waals surface area contributed by atoms with Gasteiger partial charge in [-0.2, -0.15) is 31.6 Å². The lowest BCUT2D eigenvalue weighted by Gasteiger charge is -2.53. The third kappa shape index (κ3) is 3.41. The Morgan fingerprint density at radius 3 is 1.67 bits per heavy atom. The summed E-state index contributed by atoms with van der Waals surface area (Å²) >= 11 is 0. The zero-order valence-electron chi connectivity index (χ0n) is 5.31. The van der Waals surface area contributed by atoms with E-state index in [2.05, 4.69) is 0 Å². The van der Waals surface area contributed by atoms with Crippen LogP contribution in [0, 0.1) is 0 Å². The van der Waals surface area contributed by atoms with Gasteiger partial charge < -0.3 is 13.3 Å². The molecular weight excluding hydrogens is 211 g/mol. The van der Waals surface area contributed by atoms with Crippen LogP contribution in [0.15, 0.2) is 0 Å². The third-order valence-corrected chi connectivity index (χ3v) is 2.30. The van der Waals surface area contributed by atoms with Gasteiger partial charge in [0.15, 0.2) is 0 Å². The van der Waals surface area contributed by atoms with Gasteiger partial charge in [-0.15, -0.1) is 0 Å². The van der Waals surface area contributed by atoms with Crippen LogP contribution >= 0.6 is 0 Å². The van der Waals surface area contributed by atoms with Crippen LogP contribution in [-0.4, -0.2) is 31.0 Å². The van der Waals surface area contributed by atoms with Gasteiger partial charge in [-0.25, -0.2) is 0 Å². The summed E-state index contributed by atoms with van der Waals surface area (Å²) < 4.78 is 86.2. The lowest BCUT2D eigenvalue weighted by molar-refractivity contribution is -0.110. The quantitative estimate of drug-likeness (QED) is 0.640. The minimum atomic E-state index is -7.34. The molecule has 0 aliphatic rings. The Bertz CT molecular complexity index is 227. The molecule has 0 amide bonds. The molecule has 0 fully saturated rings. The van der Waals surface area contributed by atoms with Crippen LogP contribution < -0.4 is 0 Å². The van der Waals surface area contributed by atoms with Crippen molar-refractivity contribution in [2.45, 2.75) is 11.9 Å². The molecule has 0 rings (SSSR count). The summed E-state index contributed by atoms with van der Waals surface area (Å²) in [7, 11) is -7.34. The number of alkyl halides is 5. The van der Waals surface area contributed by atoms with Crippen LogP contribution in [0.4, 0.5) is 22.0 Å². The van der Waals surface area contributed by atoms with Crippen molar-refractivity contribution in [1.29, 1.82) is 0 Å². The van der Waals surface area contributed by atoms with Crippen molar-refractivity contribution in [3.63, 3.8) is 0 Å². The highest BCUT2D eigenvalue weighted by atomic mass is 32.3. The first kappa shape index (κ1) is 11.7. The summed E-state index contributed by atoms with van der Waals surface area (Å²) in [6.07, 6.45) is -5.44. The fraction of sp³-hybridized carbons (Fsp3) is 1.00. The van der Waals surface area contributed by atoms with Gasteiger partial charge >= 0.3 is 6.18 Å². The fourth-order valence-corrected chi connectivity index (χ4v) is 1.07. The van der Waals surface area contributed by atoms with Crippen LogP contribution in [0.25, 0.3) is 0 Å². The van der Waals surface area contributed by atoms with E-state index in [1.165, 1.54) is 0 Å². The maximum absolute atomic E-state index is 11.3. The number of hydrogen-bond acceptors (Lipinski definition) is 3. The van der Waals surface area contributed by atoms with Gasteiger partial charge in [-0.1, -0.05) is 0 Å². The summed E-state index contributed by atoms with van der Waals surface area (Å²) in [4.78, 5) is 0. The molecule has 0 heterocycles. The van der Waals surface area contributed by atoms with Gasteiger partial charge in [0.1, 0.15) is 0 Å². The number of hydrogen-bond donors (Lipinski definition) is 0. The molecule has 0 bridgehead atoms. The summed E-state index contributed by atoms with van der Waals surface area (Å²) in [5, 5.41) is 0. The molecule has 0 aromatic rings. The molecule has 0 aliphatic heterocycles. The zero-order chi connectivity index (χ0) is 10.2. The van der Waals surface area contributed by atoms with Gasteiger partial charge in [0, 0.05) is 0 Å². The van der Waals surface area contributed by atoms with Crippen LogP contribution in [0.3, 0.4) is 0 Å². The van der Waals surface area contributed by atoms with E-state index < -0.39 is 27.3 Å². The molecule has 0 radical (unpaired) electrons. The van der Waals surface area contributed by atoms with Crippen molar-refractivity contribution >= 4 is 9.63 Å². The zero-order valence-corrected chi connectivity index (χ0v) is 6.12. The number of rotatable bonds is 2. The molecule has 9 heteroatoms. The van der Waals surface area contributed by atoms with Crippen molar-refractivity contribution in [1.82, 2.24) is 0 Å². The molecule has 0 aliphatic carbocycles. The summed E-state index contributed by atoms with van der Waals surface area (Å²) in [6, 6.07) is 0. The first-order valence-electron chi connectivity index (χ1n) is 2.38. The Kier molecular flexibility index (Phi) is 2.54. The van der Waals surface area contributed by atoms with Gasteiger partial charge in [-0.3, -0.25) is 0 Å². The smallest absolute Gasteiger partial charge is 0.396 e. The second kappa shape index (κ2) is 2.60. The van der Waals surface area contributed by atoms with E-state index >= 15 is 0 Å². The average Bonchev–Trinajstić information content (AvgIpc) is 1.53. The molecule has 0 aromatic carbocycles. The molecule has 0 saturated carbocycles. The molecule has 12 heavy (non-hydrogen) atoms. The van der Waals surface area contributed by atoms with Crippen LogP contribution in [0.5, 0.6) is 0 Å². The molecule has 0 unspecified atom stereocenters. The van der Waals surface area contributed by atoms with Crippen LogP contribution in [0.1, 0.15) is 0 Å². The van der Waals surface area contributed by atoms with E-state index in [1.54, 1.807) is 0 Å². The summed E-state index contributed by atoms with van der Waals surface area (Å²) in [5.41, 5.74) is 0. The molecular formula is C3H3F5O3S-2. The number of sulfone groups is 3. The Labute approximate surface area is 63.6 Å². The Hall–Kier alpha value is -0.280. The Morgan fingerprint density at radius 1 is 1.25 bits per heavy atom. The predicted octanol–water partition coefficient (Wildman–Crippen LogP) is 0.852. The van der Waals surface area contributed by atoms with Crippen molar-refractivity contribution in [3.8, 4) is 0 Å². The summed E-state index contributed by atoms with van der Waals surface area (Å²) in [6.45, 7) is 0. The maximum Gasteiger partial charge on any atom is 0.396 e. The fourth-order valence-electron chi connectivity index (χ4n) is 0.358. The maximum atomic E-state index is 11.3. The normalized spacial score (nSPS) is 17.5. The van der Waals surface area contributed by atoms with Gasteiger partial charge in [0.05, 0.1) is 5.75 Å². The lowest BCUT2D eigenvalue weighted by Crippen LogP contribution is -2.48. The molecule has 76 valence electrons. The van der Waals surface area contributed by atoms with Crippen molar-refractivity contribution in [3.05, 3.63) is 0 Å². The van der Waals surface area contributed by atoms with Gasteiger partial charge in [0.25, 0.3) is 5.76 Å². The summed E-state index contributed by atoms with van der Waals surface area (Å²) in [5.74, 6) is -7.59. The van der Waals surface area contributed by atoms with Crippen LogP contribution in [-0.2, 0) is 9.63 Å². The van der Waals surface area contributed by atoms with Crippen LogP contribution in [0.2, 0.25) is 0 Å². The largest absolute Gasteiger partial charge is 0.794 e. The van der Waals surface area contributed by atoms with Crippen molar-refractivity contribution in [2.75, 3.05) is 5.75 Å². The predicted molar refractivity (Wildman–Crippen MR) is 26.6 cm³/mol. The number of halogens is 5. The molecule has 3 nitrogen and oxygen atoms in total. The van der Waals surface area contributed by atoms with Crippen molar-refractivity contribution < 1.29 is 35.3 Å². The average molecular weight is 214 g/mol. The standard InChI is InChI=1S/C3H5F5O3S/c4-2(5)12(9,10,11)1-3(6,7)8/h2H,1H2,(H2,9,10,11)/p-2. The van der Waals surface area contributed by atoms with E-state index in [0.717, 1.165) is 0 Å². The van der Waals surface area contributed by atoms with E-state index in [0.29, 0.717) is 0 Å². The SMILES string of the molecule is O=S([O-])([O-])(CC(F)(F)F)C(F)F. The van der Waals surface area contributed by atoms with E-state index in [1.807, 2.05) is 0 Å². The van der Waals surface area contributed by atoms with E-state index in [4.69, 9.17) is 0 Å². The van der Waals surface area contributed by atoms with Gasteiger partial charge in [-0.05, 0) is 0 Å². The highest BCUT2D eigenvalue weighted by Crippen LogP contribution is 2.32. The Morgan fingerprint density at radius 2 is 1.58 bits per heavy atom. The topological polar surface area (TPSA) is 63.2 Å². The molecule has 0 spiro atoms. The van der Waals surface area contributed by atoms with E-state index in [-0.39, 0.29) is 0 Å². The Balaban J connectivity index is 4.75. The molecule has 0 atom stereocenters. The van der Waals surface area contributed by atoms with E-state index in [9.17, 15) is 35.3 Å². The first-order valence-corrected chi connectivity index (χ1v) is 4.43. The second-order valence-corrected chi connectivity index (χ2v) is 4.70. The third-order valence-electron chi connectivity index (χ3n) is 0.768. The lowest BCUT2D eigenvalue weighted by atomic mass is 10.8. The minimum Gasteiger partial charge on any atom is -0.794 e. The van der Waals surface area contributed by atoms with Crippen molar-refractivity contribution in [2.24, 2.45) is 0 Å². The van der Waals surface area contributed by atoms with Gasteiger partial charge in [0.2, 0.25) is 0 Å². The first-order chi connectivity index (χ1) is 4.92. The minimum absolute atomic E-state index is 3.04. The monoisotopic (exact) mass is 214 g/mol. The molecule has 0 saturated heterocycles. The highest BCUT2D eigenvalue weighted by Gasteiger charge is 2.38. The molecule has 0 N–H and O–H groups in total. The highest BCUT2D eigenvalue weighted by molar-refractivity contribution is 8.10. The molecule has 0 aromatic heterocycles.